The Balaban J connectivity index is 1.40. The number of aromatic nitrogens is 4. The van der Waals surface area contributed by atoms with E-state index in [1.807, 2.05) is 30.3 Å². The first kappa shape index (κ1) is 25.1. The lowest BCUT2D eigenvalue weighted by atomic mass is 10.0. The number of benzene rings is 7. The van der Waals surface area contributed by atoms with E-state index in [1.165, 1.54) is 37.8 Å². The zero-order chi connectivity index (χ0) is 30.2. The quantitative estimate of drug-likeness (QED) is 0.206. The van der Waals surface area contributed by atoms with Crippen LogP contribution in [0.25, 0.3) is 88.2 Å². The van der Waals surface area contributed by atoms with Crippen LogP contribution in [0, 0.1) is 0 Å². The van der Waals surface area contributed by atoms with Crippen LogP contribution in [-0.4, -0.2) is 19.1 Å². The number of para-hydroxylation sites is 4. The van der Waals surface area contributed by atoms with Crippen LogP contribution in [0.2, 0.25) is 0 Å². The average Bonchev–Trinajstić information content (AvgIpc) is 3.61. The molecule has 10 aromatic rings. The fourth-order valence-electron chi connectivity index (χ4n) is 7.18. The maximum atomic E-state index is 5.33. The third-order valence-corrected chi connectivity index (χ3v) is 9.25. The highest BCUT2D eigenvalue weighted by Gasteiger charge is 2.22. The molecule has 214 valence electrons. The van der Waals surface area contributed by atoms with E-state index in [4.69, 9.17) is 9.97 Å². The largest absolute Gasteiger partial charge is 0.309 e. The van der Waals surface area contributed by atoms with E-state index >= 15 is 0 Å². The van der Waals surface area contributed by atoms with Crippen LogP contribution in [-0.2, 0) is 0 Å². The van der Waals surface area contributed by atoms with E-state index in [2.05, 4.69) is 137 Å². The molecular formula is C42H26N4. The fraction of sp³-hybridized carbons (Fsp3) is 0. The van der Waals surface area contributed by atoms with Gasteiger partial charge < -0.3 is 4.57 Å². The molecule has 0 radical (unpaired) electrons. The van der Waals surface area contributed by atoms with E-state index in [9.17, 15) is 0 Å². The SMILES string of the molecule is c1ccc(-c2nc3ccccc3nc2-n2c3ccccc3c3cc4c5cc6ccccc6cc5n(-c5ccccc5)c4cc32)cc1. The lowest BCUT2D eigenvalue weighted by molar-refractivity contribution is 1.08. The van der Waals surface area contributed by atoms with Crippen molar-refractivity contribution in [1.29, 1.82) is 0 Å². The molecule has 3 heterocycles. The summed E-state index contributed by atoms with van der Waals surface area (Å²) in [6.07, 6.45) is 0. The van der Waals surface area contributed by atoms with Crippen molar-refractivity contribution in [2.75, 3.05) is 0 Å². The summed E-state index contributed by atoms with van der Waals surface area (Å²) < 4.78 is 4.72. The first-order valence-electron chi connectivity index (χ1n) is 15.6. The highest BCUT2D eigenvalue weighted by molar-refractivity contribution is 6.20. The molecule has 0 aliphatic carbocycles. The van der Waals surface area contributed by atoms with Crippen molar-refractivity contribution in [2.24, 2.45) is 0 Å². The molecule has 0 saturated carbocycles. The van der Waals surface area contributed by atoms with Gasteiger partial charge in [-0.1, -0.05) is 103 Å². The van der Waals surface area contributed by atoms with Gasteiger partial charge in [0.2, 0.25) is 0 Å². The van der Waals surface area contributed by atoms with Crippen molar-refractivity contribution in [3.8, 4) is 22.8 Å². The molecule has 0 aliphatic rings. The van der Waals surface area contributed by atoms with Crippen LogP contribution in [0.4, 0.5) is 0 Å². The van der Waals surface area contributed by atoms with Gasteiger partial charge in [-0.15, -0.1) is 0 Å². The van der Waals surface area contributed by atoms with Crippen molar-refractivity contribution in [2.45, 2.75) is 0 Å². The summed E-state index contributed by atoms with van der Waals surface area (Å²) in [6.45, 7) is 0. The molecule has 0 fully saturated rings. The predicted octanol–water partition coefficient (Wildman–Crippen LogP) is 10.6. The molecule has 4 nitrogen and oxygen atoms in total. The molecule has 46 heavy (non-hydrogen) atoms. The van der Waals surface area contributed by atoms with E-state index in [1.54, 1.807) is 0 Å². The molecule has 0 bridgehead atoms. The van der Waals surface area contributed by atoms with Crippen molar-refractivity contribution in [3.63, 3.8) is 0 Å². The minimum Gasteiger partial charge on any atom is -0.309 e. The molecular weight excluding hydrogens is 560 g/mol. The molecule has 0 aliphatic heterocycles. The zero-order valence-electron chi connectivity index (χ0n) is 24.8. The van der Waals surface area contributed by atoms with Crippen LogP contribution in [0.5, 0.6) is 0 Å². The van der Waals surface area contributed by atoms with E-state index in [0.29, 0.717) is 0 Å². The van der Waals surface area contributed by atoms with Gasteiger partial charge in [-0.3, -0.25) is 4.57 Å². The van der Waals surface area contributed by atoms with Gasteiger partial charge in [0.15, 0.2) is 5.82 Å². The lowest BCUT2D eigenvalue weighted by Gasteiger charge is -2.14. The number of hydrogen-bond acceptors (Lipinski definition) is 2. The Morgan fingerprint density at radius 1 is 0.370 bits per heavy atom. The first-order valence-corrected chi connectivity index (χ1v) is 15.6. The highest BCUT2D eigenvalue weighted by atomic mass is 15.1. The topological polar surface area (TPSA) is 35.6 Å². The molecule has 0 N–H and O–H groups in total. The number of rotatable bonds is 3. The minimum atomic E-state index is 0.823. The van der Waals surface area contributed by atoms with Crippen molar-refractivity contribution < 1.29 is 0 Å². The maximum absolute atomic E-state index is 5.33. The normalized spacial score (nSPS) is 11.9. The summed E-state index contributed by atoms with van der Waals surface area (Å²) >= 11 is 0. The second-order valence-electron chi connectivity index (χ2n) is 11.9. The Labute approximate surface area is 264 Å². The molecule has 0 unspecified atom stereocenters. The summed E-state index contributed by atoms with van der Waals surface area (Å²) in [4.78, 5) is 10.5. The molecule has 0 amide bonds. The average molecular weight is 587 g/mol. The monoisotopic (exact) mass is 586 g/mol. The lowest BCUT2D eigenvalue weighted by Crippen LogP contribution is -2.03. The Hall–Kier alpha value is -6.26. The van der Waals surface area contributed by atoms with Gasteiger partial charge in [0.1, 0.15) is 5.69 Å². The number of nitrogens with zero attached hydrogens (tertiary/aromatic N) is 4. The second-order valence-corrected chi connectivity index (χ2v) is 11.9. The fourth-order valence-corrected chi connectivity index (χ4v) is 7.18. The predicted molar refractivity (Wildman–Crippen MR) is 191 cm³/mol. The van der Waals surface area contributed by atoms with Crippen LogP contribution < -0.4 is 0 Å². The summed E-state index contributed by atoms with van der Waals surface area (Å²) in [5, 5.41) is 7.32. The van der Waals surface area contributed by atoms with Crippen LogP contribution in [0.3, 0.4) is 0 Å². The summed E-state index contributed by atoms with van der Waals surface area (Å²) in [7, 11) is 0. The standard InChI is InChI=1S/C42H26N4/c1-3-13-27(14-4-1)41-42(44-36-21-11-10-20-35(36)43-41)46-37-22-12-9-19-31(37)33-25-34-32-23-28-15-7-8-16-29(28)24-38(32)45(39(34)26-40(33)46)30-17-5-2-6-18-30/h1-26H. The van der Waals surface area contributed by atoms with Gasteiger partial charge in [-0.25, -0.2) is 9.97 Å². The van der Waals surface area contributed by atoms with Gasteiger partial charge in [-0.05, 0) is 65.4 Å². The van der Waals surface area contributed by atoms with Gasteiger partial charge in [0.05, 0.1) is 33.1 Å². The number of fused-ring (bicyclic) bond motifs is 8. The van der Waals surface area contributed by atoms with Gasteiger partial charge in [0, 0.05) is 32.8 Å². The summed E-state index contributed by atoms with van der Waals surface area (Å²) in [6, 6.07) is 55.9. The van der Waals surface area contributed by atoms with Crippen LogP contribution >= 0.6 is 0 Å². The molecule has 7 aromatic carbocycles. The summed E-state index contributed by atoms with van der Waals surface area (Å²) in [5.74, 6) is 0.823. The number of hydrogen-bond donors (Lipinski definition) is 0. The van der Waals surface area contributed by atoms with Crippen LogP contribution in [0.1, 0.15) is 0 Å². The second kappa shape index (κ2) is 9.62. The molecule has 3 aromatic heterocycles. The molecule has 10 rings (SSSR count). The Bertz CT molecular complexity index is 2790. The zero-order valence-corrected chi connectivity index (χ0v) is 24.8. The first-order chi connectivity index (χ1) is 22.8. The van der Waals surface area contributed by atoms with Crippen molar-refractivity contribution in [3.05, 3.63) is 158 Å². The molecule has 4 heteroatoms. The van der Waals surface area contributed by atoms with E-state index in [0.717, 1.165) is 50.3 Å². The van der Waals surface area contributed by atoms with Crippen molar-refractivity contribution >= 4 is 65.4 Å². The smallest absolute Gasteiger partial charge is 0.165 e. The Morgan fingerprint density at radius 3 is 1.74 bits per heavy atom. The third kappa shape index (κ3) is 3.61. The third-order valence-electron chi connectivity index (χ3n) is 9.25. The highest BCUT2D eigenvalue weighted by Crippen LogP contribution is 2.41. The maximum Gasteiger partial charge on any atom is 0.165 e. The van der Waals surface area contributed by atoms with Gasteiger partial charge in [-0.2, -0.15) is 0 Å². The van der Waals surface area contributed by atoms with E-state index in [-0.39, 0.29) is 0 Å². The molecule has 0 atom stereocenters. The summed E-state index contributed by atoms with van der Waals surface area (Å²) in [5.41, 5.74) is 9.33. The molecule has 0 saturated heterocycles. The van der Waals surface area contributed by atoms with Crippen LogP contribution in [0.15, 0.2) is 158 Å². The Morgan fingerprint density at radius 2 is 0.935 bits per heavy atom. The van der Waals surface area contributed by atoms with Gasteiger partial charge >= 0.3 is 0 Å². The molecule has 0 spiro atoms. The van der Waals surface area contributed by atoms with Gasteiger partial charge in [0.25, 0.3) is 0 Å². The Kier molecular flexibility index (Phi) is 5.25. The van der Waals surface area contributed by atoms with Crippen molar-refractivity contribution in [1.82, 2.24) is 19.1 Å². The van der Waals surface area contributed by atoms with E-state index < -0.39 is 0 Å². The minimum absolute atomic E-state index is 0.823.